The number of carbonyl (C=O) groups is 1. The molecule has 1 aliphatic heterocycles. The van der Waals surface area contributed by atoms with Gasteiger partial charge in [0.1, 0.15) is 0 Å². The fourth-order valence-electron chi connectivity index (χ4n) is 4.12. The zero-order valence-electron chi connectivity index (χ0n) is 16.8. The van der Waals surface area contributed by atoms with Crippen LogP contribution in [0, 0.1) is 5.41 Å². The van der Waals surface area contributed by atoms with Gasteiger partial charge >= 0.3 is 0 Å². The van der Waals surface area contributed by atoms with E-state index in [0.29, 0.717) is 18.7 Å². The first-order valence-corrected chi connectivity index (χ1v) is 10.1. The Bertz CT molecular complexity index is 976. The van der Waals surface area contributed by atoms with Crippen molar-refractivity contribution in [3.05, 3.63) is 66.2 Å². The van der Waals surface area contributed by atoms with Gasteiger partial charge in [-0.05, 0) is 38.1 Å². The van der Waals surface area contributed by atoms with Gasteiger partial charge in [-0.1, -0.05) is 48.5 Å². The molecule has 1 saturated heterocycles. The van der Waals surface area contributed by atoms with Gasteiger partial charge in [0.2, 0.25) is 0 Å². The zero-order chi connectivity index (χ0) is 20.1. The predicted octanol–water partition coefficient (Wildman–Crippen LogP) is 3.65. The number of carbonyl (C=O) groups excluding carboxylic acids is 1. The largest absolute Gasteiger partial charge is 0.384 e. The lowest BCUT2D eigenvalue weighted by molar-refractivity contribution is 0.0512. The summed E-state index contributed by atoms with van der Waals surface area (Å²) < 4.78 is 5.48. The van der Waals surface area contributed by atoms with Crippen molar-refractivity contribution in [1.29, 1.82) is 0 Å². The van der Waals surface area contributed by atoms with Crippen molar-refractivity contribution in [2.45, 2.75) is 12.8 Å². The molecule has 0 spiro atoms. The minimum absolute atomic E-state index is 0.0131. The molecule has 3 aromatic rings. The lowest BCUT2D eigenvalue weighted by Gasteiger charge is -2.37. The maximum atomic E-state index is 13.2. The van der Waals surface area contributed by atoms with E-state index in [1.165, 1.54) is 0 Å². The molecule has 1 fully saturated rings. The van der Waals surface area contributed by atoms with Crippen LogP contribution in [0.1, 0.15) is 23.2 Å². The summed E-state index contributed by atoms with van der Waals surface area (Å²) in [4.78, 5) is 18.0. The first kappa shape index (κ1) is 19.6. The van der Waals surface area contributed by atoms with E-state index < -0.39 is 0 Å². The van der Waals surface area contributed by atoms with Gasteiger partial charge in [0.05, 0.1) is 23.4 Å². The molecule has 0 unspecified atom stereocenters. The highest BCUT2D eigenvalue weighted by molar-refractivity contribution is 6.07. The molecule has 2 aromatic carbocycles. The van der Waals surface area contributed by atoms with E-state index in [2.05, 4.69) is 10.6 Å². The van der Waals surface area contributed by atoms with Gasteiger partial charge < -0.3 is 15.4 Å². The highest BCUT2D eigenvalue weighted by Gasteiger charge is 2.32. The van der Waals surface area contributed by atoms with E-state index >= 15 is 0 Å². The number of para-hydroxylation sites is 1. The third-order valence-corrected chi connectivity index (χ3v) is 5.77. The molecule has 0 bridgehead atoms. The van der Waals surface area contributed by atoms with E-state index in [1.807, 2.05) is 60.7 Å². The summed E-state index contributed by atoms with van der Waals surface area (Å²) >= 11 is 0. The lowest BCUT2D eigenvalue weighted by Crippen LogP contribution is -2.47. The Morgan fingerprint density at radius 1 is 1.10 bits per heavy atom. The van der Waals surface area contributed by atoms with Crippen molar-refractivity contribution < 1.29 is 9.53 Å². The fraction of sp³-hybridized carbons (Fsp3) is 0.333. The zero-order valence-corrected chi connectivity index (χ0v) is 16.8. The van der Waals surface area contributed by atoms with Crippen LogP contribution in [0.3, 0.4) is 0 Å². The summed E-state index contributed by atoms with van der Waals surface area (Å²) in [7, 11) is 1.73. The number of fused-ring (bicyclic) bond motifs is 1. The van der Waals surface area contributed by atoms with Gasteiger partial charge in [-0.15, -0.1) is 0 Å². The molecule has 5 heteroatoms. The number of methoxy groups -OCH3 is 1. The maximum Gasteiger partial charge on any atom is 0.252 e. The van der Waals surface area contributed by atoms with Gasteiger partial charge in [0.25, 0.3) is 5.91 Å². The van der Waals surface area contributed by atoms with Crippen LogP contribution in [-0.4, -0.2) is 44.2 Å². The highest BCUT2D eigenvalue weighted by atomic mass is 16.5. The van der Waals surface area contributed by atoms with E-state index in [9.17, 15) is 4.79 Å². The minimum atomic E-state index is -0.0604. The predicted molar refractivity (Wildman–Crippen MR) is 116 cm³/mol. The maximum absolute atomic E-state index is 13.2. The number of aromatic nitrogens is 1. The van der Waals surface area contributed by atoms with Gasteiger partial charge in [-0.3, -0.25) is 4.79 Å². The average Bonchev–Trinajstić information content (AvgIpc) is 2.78. The molecule has 2 N–H and O–H groups in total. The monoisotopic (exact) mass is 389 g/mol. The summed E-state index contributed by atoms with van der Waals surface area (Å²) in [6.45, 7) is 3.17. The topological polar surface area (TPSA) is 63.2 Å². The number of amides is 1. The fourth-order valence-corrected chi connectivity index (χ4v) is 4.12. The lowest BCUT2D eigenvalue weighted by atomic mass is 9.79. The Balaban J connectivity index is 1.64. The van der Waals surface area contributed by atoms with Crippen LogP contribution in [0.25, 0.3) is 22.2 Å². The quantitative estimate of drug-likeness (QED) is 0.676. The molecule has 0 aliphatic carbocycles. The molecule has 0 atom stereocenters. The third-order valence-electron chi connectivity index (χ3n) is 5.77. The van der Waals surface area contributed by atoms with Crippen LogP contribution in [0.5, 0.6) is 0 Å². The standard InChI is InChI=1S/C24H27N3O2/c1-29-17-24(11-13-25-14-12-24)16-26-23(28)20-15-22(18-7-3-2-4-8-18)27-21-10-6-5-9-19(20)21/h2-10,15,25H,11-14,16-17H2,1H3,(H,26,28). The SMILES string of the molecule is COCC1(CNC(=O)c2cc(-c3ccccc3)nc3ccccc23)CCNCC1. The number of pyridine rings is 1. The van der Waals surface area contributed by atoms with Crippen LogP contribution >= 0.6 is 0 Å². The minimum Gasteiger partial charge on any atom is -0.384 e. The van der Waals surface area contributed by atoms with Crippen molar-refractivity contribution in [1.82, 2.24) is 15.6 Å². The van der Waals surface area contributed by atoms with Crippen LogP contribution in [0.4, 0.5) is 0 Å². The van der Waals surface area contributed by atoms with Crippen molar-refractivity contribution in [2.75, 3.05) is 33.4 Å². The van der Waals surface area contributed by atoms with E-state index in [-0.39, 0.29) is 11.3 Å². The summed E-state index contributed by atoms with van der Waals surface area (Å²) in [5, 5.41) is 7.45. The highest BCUT2D eigenvalue weighted by Crippen LogP contribution is 2.29. The van der Waals surface area contributed by atoms with Crippen LogP contribution < -0.4 is 10.6 Å². The first-order chi connectivity index (χ1) is 14.2. The number of hydrogen-bond acceptors (Lipinski definition) is 4. The molecule has 5 nitrogen and oxygen atoms in total. The molecule has 2 heterocycles. The molecule has 1 amide bonds. The molecule has 0 radical (unpaired) electrons. The Labute approximate surface area is 171 Å². The number of nitrogens with zero attached hydrogens (tertiary/aromatic N) is 1. The molecular weight excluding hydrogens is 362 g/mol. The first-order valence-electron chi connectivity index (χ1n) is 10.1. The van der Waals surface area contributed by atoms with Crippen molar-refractivity contribution >= 4 is 16.8 Å². The molecule has 29 heavy (non-hydrogen) atoms. The Morgan fingerprint density at radius 2 is 1.83 bits per heavy atom. The summed E-state index contributed by atoms with van der Waals surface area (Å²) in [6.07, 6.45) is 1.99. The van der Waals surface area contributed by atoms with Gasteiger partial charge in [0, 0.05) is 30.0 Å². The number of hydrogen-bond donors (Lipinski definition) is 2. The smallest absolute Gasteiger partial charge is 0.252 e. The molecule has 1 aliphatic rings. The summed E-state index contributed by atoms with van der Waals surface area (Å²) in [5.74, 6) is -0.0604. The Kier molecular flexibility index (Phi) is 5.88. The number of piperidine rings is 1. The number of benzene rings is 2. The van der Waals surface area contributed by atoms with Gasteiger partial charge in [-0.2, -0.15) is 0 Å². The number of rotatable bonds is 6. The Morgan fingerprint density at radius 3 is 2.59 bits per heavy atom. The normalized spacial score (nSPS) is 15.9. The number of nitrogens with one attached hydrogen (secondary N) is 2. The van der Waals surface area contributed by atoms with Crippen molar-refractivity contribution in [3.8, 4) is 11.3 Å². The van der Waals surface area contributed by atoms with E-state index in [4.69, 9.17) is 9.72 Å². The second kappa shape index (κ2) is 8.72. The van der Waals surface area contributed by atoms with Crippen molar-refractivity contribution in [3.63, 3.8) is 0 Å². The van der Waals surface area contributed by atoms with Crippen molar-refractivity contribution in [2.24, 2.45) is 5.41 Å². The molecular formula is C24H27N3O2. The molecule has 1 aromatic heterocycles. The second-order valence-electron chi connectivity index (χ2n) is 7.80. The van der Waals surface area contributed by atoms with Crippen LogP contribution in [-0.2, 0) is 4.74 Å². The summed E-state index contributed by atoms with van der Waals surface area (Å²) in [5.41, 5.74) is 3.29. The third kappa shape index (κ3) is 4.31. The van der Waals surface area contributed by atoms with E-state index in [1.54, 1.807) is 7.11 Å². The molecule has 4 rings (SSSR count). The van der Waals surface area contributed by atoms with Crippen LogP contribution in [0.15, 0.2) is 60.7 Å². The summed E-state index contributed by atoms with van der Waals surface area (Å²) in [6, 6.07) is 19.7. The van der Waals surface area contributed by atoms with E-state index in [0.717, 1.165) is 48.1 Å². The van der Waals surface area contributed by atoms with Gasteiger partial charge in [0.15, 0.2) is 0 Å². The second-order valence-corrected chi connectivity index (χ2v) is 7.80. The molecule has 0 saturated carbocycles. The van der Waals surface area contributed by atoms with Gasteiger partial charge in [-0.25, -0.2) is 4.98 Å². The molecule has 150 valence electrons. The Hall–Kier alpha value is -2.76. The van der Waals surface area contributed by atoms with Crippen LogP contribution in [0.2, 0.25) is 0 Å². The average molecular weight is 389 g/mol. The number of ether oxygens (including phenoxy) is 1.